The number of carbonyl (C=O) groups excluding carboxylic acids is 1. The normalized spacial score (nSPS) is 10.7. The Morgan fingerprint density at radius 2 is 2.05 bits per heavy atom. The number of anilines is 1. The third kappa shape index (κ3) is 4.46. The van der Waals surface area contributed by atoms with E-state index in [0.29, 0.717) is 16.5 Å². The second-order valence-electron chi connectivity index (χ2n) is 3.59. The minimum absolute atomic E-state index is 0. The van der Waals surface area contributed by atoms with Crippen molar-refractivity contribution in [2.45, 2.75) is 6.92 Å². The Morgan fingerprint density at radius 3 is 2.58 bits per heavy atom. The molecular weight excluding hydrogens is 328 g/mol. The van der Waals surface area contributed by atoms with Crippen molar-refractivity contribution in [3.63, 3.8) is 0 Å². The molecule has 1 aromatic heterocycles. The van der Waals surface area contributed by atoms with Crippen molar-refractivity contribution in [3.05, 3.63) is 41.4 Å². The summed E-state index contributed by atoms with van der Waals surface area (Å²) in [7, 11) is 0. The summed E-state index contributed by atoms with van der Waals surface area (Å²) in [5, 5.41) is 5.09. The predicted octanol–water partition coefficient (Wildman–Crippen LogP) is 2.98. The highest BCUT2D eigenvalue weighted by molar-refractivity contribution is 8.93. The highest BCUT2D eigenvalue weighted by Crippen LogP contribution is 2.15. The van der Waals surface area contributed by atoms with E-state index in [-0.39, 0.29) is 22.9 Å². The Hall–Kier alpha value is -1.73. The maximum Gasteiger partial charge on any atom is 0.257 e. The Bertz CT molecular complexity index is 562. The Kier molecular flexibility index (Phi) is 5.65. The van der Waals surface area contributed by atoms with E-state index in [9.17, 15) is 4.79 Å². The zero-order valence-corrected chi connectivity index (χ0v) is 12.7. The summed E-state index contributed by atoms with van der Waals surface area (Å²) in [6, 6.07) is 6.88. The van der Waals surface area contributed by atoms with Gasteiger partial charge in [0.1, 0.15) is 0 Å². The third-order valence-electron chi connectivity index (χ3n) is 2.09. The summed E-state index contributed by atoms with van der Waals surface area (Å²) in [4.78, 5) is 19.9. The van der Waals surface area contributed by atoms with Gasteiger partial charge in [-0.2, -0.15) is 0 Å². The van der Waals surface area contributed by atoms with Crippen molar-refractivity contribution in [2.75, 3.05) is 5.32 Å². The van der Waals surface area contributed by atoms with Crippen LogP contribution in [-0.2, 0) is 0 Å². The average molecular weight is 341 g/mol. The molecule has 1 heterocycles. The Balaban J connectivity index is 0.00000180. The van der Waals surface area contributed by atoms with Crippen LogP contribution in [0.15, 0.2) is 40.8 Å². The molecule has 2 rings (SSSR count). The molecule has 0 spiro atoms. The van der Waals surface area contributed by atoms with Crippen LogP contribution in [0.3, 0.4) is 0 Å². The van der Waals surface area contributed by atoms with E-state index in [4.69, 9.17) is 5.73 Å². The summed E-state index contributed by atoms with van der Waals surface area (Å²) in [5.74, 6) is 0.292. The highest BCUT2D eigenvalue weighted by atomic mass is 79.9. The Labute approximate surface area is 125 Å². The monoisotopic (exact) mass is 340 g/mol. The zero-order valence-electron chi connectivity index (χ0n) is 10.2. The van der Waals surface area contributed by atoms with Crippen LogP contribution in [0.1, 0.15) is 17.3 Å². The first-order valence-electron chi connectivity index (χ1n) is 5.27. The zero-order chi connectivity index (χ0) is 13.0. The molecule has 0 radical (unpaired) electrons. The molecule has 2 aromatic rings. The molecule has 0 aliphatic heterocycles. The summed E-state index contributed by atoms with van der Waals surface area (Å²) in [6.07, 6.45) is 1.64. The molecule has 100 valence electrons. The van der Waals surface area contributed by atoms with Gasteiger partial charge in [0.2, 0.25) is 0 Å². The van der Waals surface area contributed by atoms with Gasteiger partial charge in [0.15, 0.2) is 5.13 Å². The van der Waals surface area contributed by atoms with E-state index < -0.39 is 0 Å². The quantitative estimate of drug-likeness (QED) is 0.665. The van der Waals surface area contributed by atoms with E-state index in [1.807, 2.05) is 0 Å². The molecule has 1 amide bonds. The number of amidine groups is 1. The maximum absolute atomic E-state index is 11.8. The number of carbonyl (C=O) groups is 1. The largest absolute Gasteiger partial charge is 0.387 e. The van der Waals surface area contributed by atoms with E-state index in [0.717, 1.165) is 5.69 Å². The van der Waals surface area contributed by atoms with Crippen LogP contribution in [0, 0.1) is 0 Å². The summed E-state index contributed by atoms with van der Waals surface area (Å²) >= 11 is 1.38. The predicted molar refractivity (Wildman–Crippen MR) is 83.8 cm³/mol. The van der Waals surface area contributed by atoms with E-state index >= 15 is 0 Å². The molecular formula is C12H13BrN4OS. The van der Waals surface area contributed by atoms with Crippen molar-refractivity contribution < 1.29 is 4.79 Å². The third-order valence-corrected chi connectivity index (χ3v) is 2.78. The highest BCUT2D eigenvalue weighted by Gasteiger charge is 2.06. The molecule has 19 heavy (non-hydrogen) atoms. The van der Waals surface area contributed by atoms with Crippen LogP contribution < -0.4 is 11.1 Å². The SMILES string of the molecule is Br.CC(N)=Nc1ccc(C(=O)Nc2nccs2)cc1. The molecule has 3 N–H and O–H groups in total. The van der Waals surface area contributed by atoms with Crippen molar-refractivity contribution in [2.24, 2.45) is 10.7 Å². The molecule has 0 bridgehead atoms. The maximum atomic E-state index is 11.8. The number of aromatic nitrogens is 1. The smallest absolute Gasteiger partial charge is 0.257 e. The molecule has 0 fully saturated rings. The topological polar surface area (TPSA) is 80.4 Å². The van der Waals surface area contributed by atoms with Crippen LogP contribution >= 0.6 is 28.3 Å². The molecule has 7 heteroatoms. The molecule has 1 aromatic carbocycles. The van der Waals surface area contributed by atoms with Gasteiger partial charge in [0, 0.05) is 17.1 Å². The van der Waals surface area contributed by atoms with Gasteiger partial charge in [-0.15, -0.1) is 28.3 Å². The van der Waals surface area contributed by atoms with Crippen LogP contribution in [0.4, 0.5) is 10.8 Å². The molecule has 0 saturated heterocycles. The lowest BCUT2D eigenvalue weighted by Crippen LogP contribution is -2.11. The fraction of sp³-hybridized carbons (Fsp3) is 0.0833. The first-order chi connectivity index (χ1) is 8.65. The number of aliphatic imine (C=N–C) groups is 1. The van der Waals surface area contributed by atoms with E-state index in [2.05, 4.69) is 15.3 Å². The lowest BCUT2D eigenvalue weighted by atomic mass is 10.2. The number of thiazole rings is 1. The molecule has 5 nitrogen and oxygen atoms in total. The van der Waals surface area contributed by atoms with Crippen molar-refractivity contribution in [1.82, 2.24) is 4.98 Å². The summed E-state index contributed by atoms with van der Waals surface area (Å²) in [5.41, 5.74) is 6.75. The standard InChI is InChI=1S/C12H12N4OS.BrH/c1-8(13)15-10-4-2-9(3-5-10)11(17)16-12-14-6-7-18-12;/h2-7H,1H3,(H2,13,15)(H,14,16,17);1H. The van der Waals surface area contributed by atoms with Crippen molar-refractivity contribution in [3.8, 4) is 0 Å². The molecule has 0 aliphatic rings. The van der Waals surface area contributed by atoms with Crippen LogP contribution in [0.2, 0.25) is 0 Å². The molecule has 0 atom stereocenters. The van der Waals surface area contributed by atoms with Gasteiger partial charge in [0.05, 0.1) is 11.5 Å². The van der Waals surface area contributed by atoms with Gasteiger partial charge in [0.25, 0.3) is 5.91 Å². The fourth-order valence-corrected chi connectivity index (χ4v) is 1.87. The molecule has 0 saturated carbocycles. The molecule has 0 unspecified atom stereocenters. The Morgan fingerprint density at radius 1 is 1.37 bits per heavy atom. The van der Waals surface area contributed by atoms with Gasteiger partial charge >= 0.3 is 0 Å². The van der Waals surface area contributed by atoms with Gasteiger partial charge in [-0.05, 0) is 31.2 Å². The lowest BCUT2D eigenvalue weighted by molar-refractivity contribution is 0.102. The number of halogens is 1. The van der Waals surface area contributed by atoms with Crippen molar-refractivity contribution >= 4 is 50.9 Å². The first-order valence-corrected chi connectivity index (χ1v) is 6.15. The minimum Gasteiger partial charge on any atom is -0.387 e. The summed E-state index contributed by atoms with van der Waals surface area (Å²) in [6.45, 7) is 1.71. The number of benzene rings is 1. The van der Waals surface area contributed by atoms with Gasteiger partial charge in [-0.25, -0.2) is 9.98 Å². The number of amides is 1. The first kappa shape index (κ1) is 15.3. The fourth-order valence-electron chi connectivity index (χ4n) is 1.35. The number of nitrogens with two attached hydrogens (primary N) is 1. The number of hydrogen-bond donors (Lipinski definition) is 2. The lowest BCUT2D eigenvalue weighted by Gasteiger charge is -2.02. The van der Waals surface area contributed by atoms with Crippen LogP contribution in [-0.4, -0.2) is 16.7 Å². The van der Waals surface area contributed by atoms with Gasteiger partial charge in [-0.1, -0.05) is 0 Å². The van der Waals surface area contributed by atoms with E-state index in [1.165, 1.54) is 11.3 Å². The number of rotatable bonds is 3. The van der Waals surface area contributed by atoms with Gasteiger partial charge < -0.3 is 5.73 Å². The van der Waals surface area contributed by atoms with Crippen LogP contribution in [0.25, 0.3) is 0 Å². The van der Waals surface area contributed by atoms with Crippen molar-refractivity contribution in [1.29, 1.82) is 0 Å². The average Bonchev–Trinajstić information content (AvgIpc) is 2.82. The molecule has 0 aliphatic carbocycles. The van der Waals surface area contributed by atoms with E-state index in [1.54, 1.807) is 42.8 Å². The second kappa shape index (κ2) is 7.01. The minimum atomic E-state index is -0.190. The summed E-state index contributed by atoms with van der Waals surface area (Å²) < 4.78 is 0. The number of nitrogens with one attached hydrogen (secondary N) is 1. The number of nitrogens with zero attached hydrogens (tertiary/aromatic N) is 2. The number of hydrogen-bond acceptors (Lipinski definition) is 4. The van der Waals surface area contributed by atoms with Gasteiger partial charge in [-0.3, -0.25) is 10.1 Å². The van der Waals surface area contributed by atoms with Crippen LogP contribution in [0.5, 0.6) is 0 Å². The second-order valence-corrected chi connectivity index (χ2v) is 4.49.